The molecular formula is C8H10N4O4. The number of nitrogens with zero attached hydrogens (tertiary/aromatic N) is 2. The number of hydrogen-bond donors (Lipinski definition) is 3. The molecule has 2 rings (SSSR count). The van der Waals surface area contributed by atoms with E-state index in [1.165, 1.54) is 4.57 Å². The fourth-order valence-corrected chi connectivity index (χ4v) is 1.59. The van der Waals surface area contributed by atoms with Crippen molar-refractivity contribution in [3.63, 3.8) is 0 Å². The molecule has 0 amide bonds. The van der Waals surface area contributed by atoms with Crippen LogP contribution in [0, 0.1) is 0 Å². The van der Waals surface area contributed by atoms with E-state index >= 15 is 0 Å². The van der Waals surface area contributed by atoms with Crippen molar-refractivity contribution in [2.24, 2.45) is 0 Å². The van der Waals surface area contributed by atoms with Crippen LogP contribution in [-0.2, 0) is 0 Å². The van der Waals surface area contributed by atoms with Crippen molar-refractivity contribution in [3.8, 4) is 0 Å². The van der Waals surface area contributed by atoms with Gasteiger partial charge in [0.2, 0.25) is 0 Å². The van der Waals surface area contributed by atoms with Crippen LogP contribution in [0.2, 0.25) is 0 Å². The summed E-state index contributed by atoms with van der Waals surface area (Å²) in [5, 5.41) is 9.15. The number of hydrogen-bond acceptors (Lipinski definition) is 4. The normalized spacial score (nSPS) is 11.4. The maximum Gasteiger partial charge on any atom is 0.363 e. The van der Waals surface area contributed by atoms with Crippen LogP contribution in [0.15, 0.2) is 14.4 Å². The number of H-pyrrole nitrogens is 2. The largest absolute Gasteiger partial charge is 0.421 e. The SMILES string of the molecule is CC(C)n1c(=O)[nH]c2[nH]c(=O)n(O)c(=O)c21. The Hall–Kier alpha value is -2.25. The Morgan fingerprint density at radius 1 is 1.12 bits per heavy atom. The molecule has 0 saturated heterocycles. The highest BCUT2D eigenvalue weighted by Crippen LogP contribution is 2.06. The zero-order valence-corrected chi connectivity index (χ0v) is 8.64. The van der Waals surface area contributed by atoms with Gasteiger partial charge in [-0.1, -0.05) is 4.73 Å². The van der Waals surface area contributed by atoms with Crippen molar-refractivity contribution < 1.29 is 5.21 Å². The molecule has 2 heterocycles. The lowest BCUT2D eigenvalue weighted by molar-refractivity contribution is 0.162. The van der Waals surface area contributed by atoms with Crippen molar-refractivity contribution in [3.05, 3.63) is 31.3 Å². The van der Waals surface area contributed by atoms with E-state index in [4.69, 9.17) is 5.21 Å². The fraction of sp³-hybridized carbons (Fsp3) is 0.375. The molecule has 16 heavy (non-hydrogen) atoms. The van der Waals surface area contributed by atoms with Gasteiger partial charge in [-0.25, -0.2) is 9.59 Å². The topological polar surface area (TPSA) is 113 Å². The van der Waals surface area contributed by atoms with Crippen molar-refractivity contribution in [2.75, 3.05) is 0 Å². The molecule has 2 aromatic rings. The predicted octanol–water partition coefficient (Wildman–Crippen LogP) is -1.00. The zero-order chi connectivity index (χ0) is 12.0. The molecule has 8 heteroatoms. The standard InChI is InChI=1S/C8H10N4O4/c1-3(2)11-4-5(9-7(11)14)10-8(15)12(16)6(4)13/h3,16H,1-2H3,(H,9,14)(H,10,15). The molecule has 0 aliphatic heterocycles. The second kappa shape index (κ2) is 3.12. The average Bonchev–Trinajstić information content (AvgIpc) is 2.51. The summed E-state index contributed by atoms with van der Waals surface area (Å²) in [5.41, 5.74) is -2.47. The minimum absolute atomic E-state index is 0.0130. The smallest absolute Gasteiger partial charge is 0.363 e. The van der Waals surface area contributed by atoms with Gasteiger partial charge in [0.05, 0.1) is 0 Å². The Bertz CT molecular complexity index is 714. The van der Waals surface area contributed by atoms with Crippen LogP contribution in [0.3, 0.4) is 0 Å². The van der Waals surface area contributed by atoms with E-state index in [0.29, 0.717) is 0 Å². The Morgan fingerprint density at radius 3 is 2.25 bits per heavy atom. The van der Waals surface area contributed by atoms with E-state index in [9.17, 15) is 14.4 Å². The monoisotopic (exact) mass is 226 g/mol. The first-order chi connectivity index (χ1) is 7.43. The lowest BCUT2D eigenvalue weighted by Gasteiger charge is -2.05. The highest BCUT2D eigenvalue weighted by atomic mass is 16.5. The molecule has 0 saturated carbocycles. The number of imidazole rings is 1. The van der Waals surface area contributed by atoms with Gasteiger partial charge in [0.1, 0.15) is 5.65 Å². The van der Waals surface area contributed by atoms with E-state index in [1.54, 1.807) is 13.8 Å². The maximum atomic E-state index is 11.6. The average molecular weight is 226 g/mol. The molecular weight excluding hydrogens is 216 g/mol. The summed E-state index contributed by atoms with van der Waals surface area (Å²) < 4.78 is 1.11. The molecule has 86 valence electrons. The van der Waals surface area contributed by atoms with Gasteiger partial charge in [0.15, 0.2) is 5.52 Å². The summed E-state index contributed by atoms with van der Waals surface area (Å²) in [4.78, 5) is 38.7. The number of aromatic amines is 2. The highest BCUT2D eigenvalue weighted by molar-refractivity contribution is 5.69. The number of fused-ring (bicyclic) bond motifs is 1. The summed E-state index contributed by atoms with van der Waals surface area (Å²) in [7, 11) is 0. The minimum Gasteiger partial charge on any atom is -0.421 e. The van der Waals surface area contributed by atoms with Crippen LogP contribution in [0.4, 0.5) is 0 Å². The first-order valence-corrected chi connectivity index (χ1v) is 4.62. The predicted molar refractivity (Wildman–Crippen MR) is 55.0 cm³/mol. The lowest BCUT2D eigenvalue weighted by atomic mass is 10.4. The lowest BCUT2D eigenvalue weighted by Crippen LogP contribution is -2.34. The van der Waals surface area contributed by atoms with Gasteiger partial charge < -0.3 is 5.21 Å². The first-order valence-electron chi connectivity index (χ1n) is 4.62. The van der Waals surface area contributed by atoms with Crippen LogP contribution in [-0.4, -0.2) is 24.5 Å². The Balaban J connectivity index is 3.12. The van der Waals surface area contributed by atoms with Crippen molar-refractivity contribution >= 4 is 11.2 Å². The van der Waals surface area contributed by atoms with E-state index in [2.05, 4.69) is 9.97 Å². The van der Waals surface area contributed by atoms with Crippen LogP contribution < -0.4 is 16.9 Å². The number of aromatic nitrogens is 4. The molecule has 0 aliphatic carbocycles. The van der Waals surface area contributed by atoms with Crippen molar-refractivity contribution in [2.45, 2.75) is 19.9 Å². The van der Waals surface area contributed by atoms with Gasteiger partial charge in [0, 0.05) is 6.04 Å². The van der Waals surface area contributed by atoms with E-state index in [-0.39, 0.29) is 21.9 Å². The Kier molecular flexibility index (Phi) is 2.00. The van der Waals surface area contributed by atoms with Gasteiger partial charge in [-0.15, -0.1) is 0 Å². The van der Waals surface area contributed by atoms with Gasteiger partial charge in [0.25, 0.3) is 0 Å². The number of nitrogens with one attached hydrogen (secondary N) is 2. The van der Waals surface area contributed by atoms with Crippen LogP contribution in [0.25, 0.3) is 11.2 Å². The van der Waals surface area contributed by atoms with Crippen molar-refractivity contribution in [1.82, 2.24) is 19.3 Å². The Morgan fingerprint density at radius 2 is 1.69 bits per heavy atom. The molecule has 2 aromatic heterocycles. The van der Waals surface area contributed by atoms with Crippen LogP contribution in [0.1, 0.15) is 19.9 Å². The molecule has 8 nitrogen and oxygen atoms in total. The third kappa shape index (κ3) is 1.19. The van der Waals surface area contributed by atoms with Crippen molar-refractivity contribution in [1.29, 1.82) is 0 Å². The van der Waals surface area contributed by atoms with E-state index < -0.39 is 16.9 Å². The molecule has 0 fully saturated rings. The molecule has 0 aliphatic rings. The molecule has 0 unspecified atom stereocenters. The highest BCUT2D eigenvalue weighted by Gasteiger charge is 2.16. The zero-order valence-electron chi connectivity index (χ0n) is 8.64. The Labute approximate surface area is 87.7 Å². The summed E-state index contributed by atoms with van der Waals surface area (Å²) in [6, 6.07) is -0.264. The maximum absolute atomic E-state index is 11.6. The number of rotatable bonds is 1. The summed E-state index contributed by atoms with van der Waals surface area (Å²) in [5.74, 6) is 0. The van der Waals surface area contributed by atoms with E-state index in [0.717, 1.165) is 0 Å². The first kappa shape index (κ1) is 10.3. The fourth-order valence-electron chi connectivity index (χ4n) is 1.59. The van der Waals surface area contributed by atoms with Crippen LogP contribution >= 0.6 is 0 Å². The quantitative estimate of drug-likeness (QED) is 0.541. The summed E-state index contributed by atoms with van der Waals surface area (Å²) >= 11 is 0. The molecule has 0 aromatic carbocycles. The summed E-state index contributed by atoms with van der Waals surface area (Å²) in [6.45, 7) is 3.42. The molecule has 0 radical (unpaired) electrons. The molecule has 0 bridgehead atoms. The third-order valence-electron chi connectivity index (χ3n) is 2.26. The minimum atomic E-state index is -0.991. The molecule has 0 spiro atoms. The molecule has 0 atom stereocenters. The van der Waals surface area contributed by atoms with Gasteiger partial charge in [-0.2, -0.15) is 0 Å². The van der Waals surface area contributed by atoms with Gasteiger partial charge in [-0.05, 0) is 13.8 Å². The van der Waals surface area contributed by atoms with Crippen LogP contribution in [0.5, 0.6) is 0 Å². The van der Waals surface area contributed by atoms with Gasteiger partial charge >= 0.3 is 16.9 Å². The second-order valence-electron chi connectivity index (χ2n) is 3.66. The third-order valence-corrected chi connectivity index (χ3v) is 2.26. The van der Waals surface area contributed by atoms with Gasteiger partial charge in [-0.3, -0.25) is 19.3 Å². The summed E-state index contributed by atoms with van der Waals surface area (Å²) in [6.07, 6.45) is 0. The van der Waals surface area contributed by atoms with E-state index in [1.807, 2.05) is 0 Å². The molecule has 3 N–H and O–H groups in total. The second-order valence-corrected chi connectivity index (χ2v) is 3.66.